The highest BCUT2D eigenvalue weighted by atomic mass is 79.9. The summed E-state index contributed by atoms with van der Waals surface area (Å²) in [4.78, 5) is 8.98. The van der Waals surface area contributed by atoms with Crippen LogP contribution in [-0.4, -0.2) is 19.7 Å². The molecule has 0 saturated heterocycles. The van der Waals surface area contributed by atoms with Crippen LogP contribution < -0.4 is 0 Å². The lowest BCUT2D eigenvalue weighted by Crippen LogP contribution is -2.16. The zero-order valence-electron chi connectivity index (χ0n) is 10.4. The van der Waals surface area contributed by atoms with Crippen molar-refractivity contribution in [2.75, 3.05) is 0 Å². The van der Waals surface area contributed by atoms with Gasteiger partial charge in [0.15, 0.2) is 0 Å². The quantitative estimate of drug-likeness (QED) is 0.760. The summed E-state index contributed by atoms with van der Waals surface area (Å²) in [6.07, 6.45) is 1.90. The lowest BCUT2D eigenvalue weighted by molar-refractivity contribution is 0.544. The second-order valence-corrected chi connectivity index (χ2v) is 5.84. The maximum atomic E-state index is 4.57. The summed E-state index contributed by atoms with van der Waals surface area (Å²) in [5.41, 5.74) is 1.63. The van der Waals surface area contributed by atoms with Crippen molar-refractivity contribution < 1.29 is 0 Å². The molecule has 0 saturated carbocycles. The molecule has 0 N–H and O–H groups in total. The first-order valence-electron chi connectivity index (χ1n) is 5.41. The number of nitrogens with zero attached hydrogens (tertiary/aromatic N) is 4. The predicted octanol–water partition coefficient (Wildman–Crippen LogP) is 2.94. The van der Waals surface area contributed by atoms with Crippen molar-refractivity contribution in [1.29, 1.82) is 0 Å². The van der Waals surface area contributed by atoms with Gasteiger partial charge in [-0.25, -0.2) is 9.97 Å². The fourth-order valence-corrected chi connectivity index (χ4v) is 1.82. The Morgan fingerprint density at radius 2 is 1.88 bits per heavy atom. The van der Waals surface area contributed by atoms with E-state index in [0.717, 1.165) is 21.8 Å². The minimum atomic E-state index is -0.0761. The van der Waals surface area contributed by atoms with Crippen LogP contribution in [0.3, 0.4) is 0 Å². The number of hydrogen-bond acceptors (Lipinski definition) is 3. The van der Waals surface area contributed by atoms with Gasteiger partial charge >= 0.3 is 0 Å². The fraction of sp³-hybridized carbons (Fsp3) is 0.417. The van der Waals surface area contributed by atoms with Crippen LogP contribution in [0.25, 0.3) is 11.4 Å². The third-order valence-electron chi connectivity index (χ3n) is 2.34. The second-order valence-electron chi connectivity index (χ2n) is 5.02. The molecule has 0 radical (unpaired) electrons. The number of halogens is 1. The number of aryl methyl sites for hydroxylation is 1. The van der Waals surface area contributed by atoms with E-state index >= 15 is 0 Å². The Labute approximate surface area is 109 Å². The Bertz CT molecular complexity index is 540. The maximum Gasteiger partial charge on any atom is 0.135 e. The van der Waals surface area contributed by atoms with Gasteiger partial charge in [0.2, 0.25) is 0 Å². The number of hydrogen-bond donors (Lipinski definition) is 0. The number of rotatable bonds is 1. The lowest BCUT2D eigenvalue weighted by atomic mass is 9.95. The van der Waals surface area contributed by atoms with Gasteiger partial charge in [-0.1, -0.05) is 20.8 Å². The van der Waals surface area contributed by atoms with Crippen molar-refractivity contribution >= 4 is 15.9 Å². The Hall–Kier alpha value is -1.23. The van der Waals surface area contributed by atoms with Gasteiger partial charge in [0.25, 0.3) is 0 Å². The van der Waals surface area contributed by atoms with Crippen molar-refractivity contribution in [3.8, 4) is 11.4 Å². The predicted molar refractivity (Wildman–Crippen MR) is 70.6 cm³/mol. The van der Waals surface area contributed by atoms with E-state index in [9.17, 15) is 0 Å². The van der Waals surface area contributed by atoms with Crippen molar-refractivity contribution in [3.05, 3.63) is 28.8 Å². The SMILES string of the molecule is Cn1ccc(-c2cc(Br)nc(C(C)(C)C)n2)n1. The summed E-state index contributed by atoms with van der Waals surface area (Å²) in [6, 6.07) is 3.83. The van der Waals surface area contributed by atoms with Gasteiger partial charge in [-0.15, -0.1) is 0 Å². The monoisotopic (exact) mass is 294 g/mol. The van der Waals surface area contributed by atoms with Gasteiger partial charge in [-0.05, 0) is 28.1 Å². The van der Waals surface area contributed by atoms with E-state index in [2.05, 4.69) is 51.8 Å². The first-order valence-corrected chi connectivity index (χ1v) is 6.20. The molecule has 2 aromatic rings. The molecule has 0 atom stereocenters. The Morgan fingerprint density at radius 1 is 1.18 bits per heavy atom. The molecular weight excluding hydrogens is 280 g/mol. The van der Waals surface area contributed by atoms with Gasteiger partial charge in [0.1, 0.15) is 16.1 Å². The first-order chi connectivity index (χ1) is 7.86. The molecular formula is C12H15BrN4. The van der Waals surface area contributed by atoms with E-state index in [4.69, 9.17) is 0 Å². The summed E-state index contributed by atoms with van der Waals surface area (Å²) in [5, 5.41) is 4.35. The fourth-order valence-electron chi connectivity index (χ4n) is 1.44. The van der Waals surface area contributed by atoms with Crippen LogP contribution in [0.2, 0.25) is 0 Å². The van der Waals surface area contributed by atoms with E-state index in [1.807, 2.05) is 25.4 Å². The smallest absolute Gasteiger partial charge is 0.135 e. The largest absolute Gasteiger partial charge is 0.275 e. The molecule has 0 aliphatic carbocycles. The second kappa shape index (κ2) is 4.22. The van der Waals surface area contributed by atoms with Crippen LogP contribution in [0.4, 0.5) is 0 Å². The molecule has 0 aliphatic rings. The average molecular weight is 295 g/mol. The van der Waals surface area contributed by atoms with Crippen molar-refractivity contribution in [2.45, 2.75) is 26.2 Å². The molecule has 17 heavy (non-hydrogen) atoms. The van der Waals surface area contributed by atoms with Crippen LogP contribution in [0.5, 0.6) is 0 Å². The Balaban J connectivity index is 2.52. The summed E-state index contributed by atoms with van der Waals surface area (Å²) in [5.74, 6) is 0.813. The van der Waals surface area contributed by atoms with Crippen LogP contribution in [0, 0.1) is 0 Å². The Kier molecular flexibility index (Phi) is 3.03. The van der Waals surface area contributed by atoms with Crippen LogP contribution in [-0.2, 0) is 12.5 Å². The topological polar surface area (TPSA) is 43.6 Å². The van der Waals surface area contributed by atoms with E-state index in [-0.39, 0.29) is 5.41 Å². The summed E-state index contributed by atoms with van der Waals surface area (Å²) >= 11 is 3.42. The van der Waals surface area contributed by atoms with Crippen molar-refractivity contribution in [3.63, 3.8) is 0 Å². The summed E-state index contributed by atoms with van der Waals surface area (Å²) < 4.78 is 2.56. The minimum absolute atomic E-state index is 0.0761. The van der Waals surface area contributed by atoms with E-state index in [1.54, 1.807) is 4.68 Å². The highest BCUT2D eigenvalue weighted by molar-refractivity contribution is 9.10. The van der Waals surface area contributed by atoms with E-state index in [1.165, 1.54) is 0 Å². The molecule has 5 heteroatoms. The first kappa shape index (κ1) is 12.2. The summed E-state index contributed by atoms with van der Waals surface area (Å²) in [6.45, 7) is 6.28. The maximum absolute atomic E-state index is 4.57. The van der Waals surface area contributed by atoms with Gasteiger partial charge in [0.05, 0.1) is 5.69 Å². The molecule has 0 aromatic carbocycles. The zero-order valence-corrected chi connectivity index (χ0v) is 12.0. The molecule has 4 nitrogen and oxygen atoms in total. The van der Waals surface area contributed by atoms with Gasteiger partial charge in [0, 0.05) is 18.7 Å². The van der Waals surface area contributed by atoms with E-state index in [0.29, 0.717) is 0 Å². The van der Waals surface area contributed by atoms with Crippen molar-refractivity contribution in [1.82, 2.24) is 19.7 Å². The molecule has 2 heterocycles. The Morgan fingerprint density at radius 3 is 2.41 bits per heavy atom. The highest BCUT2D eigenvalue weighted by Gasteiger charge is 2.19. The molecule has 0 amide bonds. The lowest BCUT2D eigenvalue weighted by Gasteiger charge is -2.17. The molecule has 90 valence electrons. The summed E-state index contributed by atoms with van der Waals surface area (Å²) in [7, 11) is 1.89. The van der Waals surface area contributed by atoms with Crippen molar-refractivity contribution in [2.24, 2.45) is 7.05 Å². The standard InChI is InChI=1S/C12H15BrN4/c1-12(2,3)11-14-9(7-10(13)15-11)8-5-6-17(4)16-8/h5-7H,1-4H3. The molecule has 0 bridgehead atoms. The van der Waals surface area contributed by atoms with Gasteiger partial charge in [-0.3, -0.25) is 4.68 Å². The zero-order chi connectivity index (χ0) is 12.6. The average Bonchev–Trinajstić information content (AvgIpc) is 2.62. The third-order valence-corrected chi connectivity index (χ3v) is 2.75. The normalized spacial score (nSPS) is 11.8. The van der Waals surface area contributed by atoms with Crippen LogP contribution >= 0.6 is 15.9 Å². The minimum Gasteiger partial charge on any atom is -0.275 e. The molecule has 0 unspecified atom stereocenters. The number of aromatic nitrogens is 4. The molecule has 2 rings (SSSR count). The molecule has 2 aromatic heterocycles. The molecule has 0 fully saturated rings. The van der Waals surface area contributed by atoms with E-state index < -0.39 is 0 Å². The molecule has 0 aliphatic heterocycles. The third kappa shape index (κ3) is 2.72. The van der Waals surface area contributed by atoms with Gasteiger partial charge < -0.3 is 0 Å². The van der Waals surface area contributed by atoms with Gasteiger partial charge in [-0.2, -0.15) is 5.10 Å². The highest BCUT2D eigenvalue weighted by Crippen LogP contribution is 2.24. The van der Waals surface area contributed by atoms with Crippen LogP contribution in [0.1, 0.15) is 26.6 Å². The molecule has 0 spiro atoms. The van der Waals surface area contributed by atoms with Crippen LogP contribution in [0.15, 0.2) is 22.9 Å².